The van der Waals surface area contributed by atoms with Crippen molar-refractivity contribution in [1.82, 2.24) is 10.3 Å². The SMILES string of the molecule is CNC(Cc1ccncc1)c1ccc(Br)cc1OC. The first-order valence-corrected chi connectivity index (χ1v) is 6.93. The van der Waals surface area contributed by atoms with Gasteiger partial charge in [-0.1, -0.05) is 22.0 Å². The molecule has 0 fully saturated rings. The summed E-state index contributed by atoms with van der Waals surface area (Å²) in [6.45, 7) is 0. The van der Waals surface area contributed by atoms with Crippen LogP contribution in [0.3, 0.4) is 0 Å². The van der Waals surface area contributed by atoms with E-state index in [-0.39, 0.29) is 6.04 Å². The predicted molar refractivity (Wildman–Crippen MR) is 80.4 cm³/mol. The molecule has 2 rings (SSSR count). The Morgan fingerprint density at radius 2 is 2.00 bits per heavy atom. The van der Waals surface area contributed by atoms with Gasteiger partial charge >= 0.3 is 0 Å². The van der Waals surface area contributed by atoms with Crippen LogP contribution in [0.15, 0.2) is 47.2 Å². The molecule has 0 bridgehead atoms. The van der Waals surface area contributed by atoms with Crippen molar-refractivity contribution in [1.29, 1.82) is 0 Å². The molecule has 0 amide bonds. The number of benzene rings is 1. The highest BCUT2D eigenvalue weighted by Crippen LogP contribution is 2.30. The summed E-state index contributed by atoms with van der Waals surface area (Å²) in [5, 5.41) is 3.35. The molecule has 0 radical (unpaired) electrons. The van der Waals surface area contributed by atoms with Gasteiger partial charge in [0.05, 0.1) is 7.11 Å². The highest BCUT2D eigenvalue weighted by Gasteiger charge is 2.15. The molecule has 0 spiro atoms. The van der Waals surface area contributed by atoms with Gasteiger partial charge in [-0.05, 0) is 43.3 Å². The van der Waals surface area contributed by atoms with Crippen LogP contribution in [0.1, 0.15) is 17.2 Å². The second-order valence-electron chi connectivity index (χ2n) is 4.29. The van der Waals surface area contributed by atoms with E-state index in [2.05, 4.69) is 32.3 Å². The minimum Gasteiger partial charge on any atom is -0.496 e. The molecule has 1 aromatic heterocycles. The molecule has 1 N–H and O–H groups in total. The average Bonchev–Trinajstić information content (AvgIpc) is 2.46. The minimum atomic E-state index is 0.213. The second kappa shape index (κ2) is 6.68. The van der Waals surface area contributed by atoms with E-state index in [9.17, 15) is 0 Å². The Hall–Kier alpha value is -1.39. The zero-order valence-electron chi connectivity index (χ0n) is 11.1. The molecule has 100 valence electrons. The summed E-state index contributed by atoms with van der Waals surface area (Å²) in [6.07, 6.45) is 4.54. The molecule has 1 aromatic carbocycles. The summed E-state index contributed by atoms with van der Waals surface area (Å²) in [7, 11) is 3.66. The Bertz CT molecular complexity index is 531. The van der Waals surface area contributed by atoms with E-state index in [1.54, 1.807) is 7.11 Å². The molecule has 0 aliphatic carbocycles. The molecular weight excluding hydrogens is 304 g/mol. The normalized spacial score (nSPS) is 12.2. The number of nitrogens with one attached hydrogen (secondary N) is 1. The first-order valence-electron chi connectivity index (χ1n) is 6.14. The van der Waals surface area contributed by atoms with Gasteiger partial charge in [0.1, 0.15) is 5.75 Å². The molecular formula is C15H17BrN2O. The van der Waals surface area contributed by atoms with Gasteiger partial charge in [0.25, 0.3) is 0 Å². The van der Waals surface area contributed by atoms with E-state index in [0.717, 1.165) is 22.2 Å². The van der Waals surface area contributed by atoms with Crippen LogP contribution in [0.4, 0.5) is 0 Å². The second-order valence-corrected chi connectivity index (χ2v) is 5.20. The van der Waals surface area contributed by atoms with Gasteiger partial charge < -0.3 is 10.1 Å². The summed E-state index contributed by atoms with van der Waals surface area (Å²) >= 11 is 3.47. The maximum absolute atomic E-state index is 5.46. The molecule has 3 nitrogen and oxygen atoms in total. The first kappa shape index (κ1) is 14.0. The zero-order valence-corrected chi connectivity index (χ0v) is 12.6. The molecule has 2 aromatic rings. The van der Waals surface area contributed by atoms with E-state index in [1.165, 1.54) is 5.56 Å². The van der Waals surface area contributed by atoms with Crippen molar-refractivity contribution in [3.63, 3.8) is 0 Å². The number of pyridine rings is 1. The zero-order chi connectivity index (χ0) is 13.7. The van der Waals surface area contributed by atoms with Crippen molar-refractivity contribution in [3.8, 4) is 5.75 Å². The van der Waals surface area contributed by atoms with Crippen molar-refractivity contribution in [2.45, 2.75) is 12.5 Å². The van der Waals surface area contributed by atoms with E-state index >= 15 is 0 Å². The van der Waals surface area contributed by atoms with Crippen LogP contribution in [-0.2, 0) is 6.42 Å². The van der Waals surface area contributed by atoms with E-state index < -0.39 is 0 Å². The van der Waals surface area contributed by atoms with Crippen LogP contribution in [0, 0.1) is 0 Å². The summed E-state index contributed by atoms with van der Waals surface area (Å²) in [6, 6.07) is 10.4. The molecule has 0 saturated heterocycles. The summed E-state index contributed by atoms with van der Waals surface area (Å²) < 4.78 is 6.48. The van der Waals surface area contributed by atoms with Gasteiger partial charge in [-0.15, -0.1) is 0 Å². The number of halogens is 1. The Labute approximate surface area is 122 Å². The number of hydrogen-bond donors (Lipinski definition) is 1. The molecule has 0 aliphatic heterocycles. The lowest BCUT2D eigenvalue weighted by atomic mass is 9.99. The van der Waals surface area contributed by atoms with Gasteiger partial charge in [-0.2, -0.15) is 0 Å². The lowest BCUT2D eigenvalue weighted by Gasteiger charge is -2.19. The quantitative estimate of drug-likeness (QED) is 0.917. The third-order valence-corrected chi connectivity index (χ3v) is 3.60. The first-order chi connectivity index (χ1) is 9.24. The Kier molecular flexibility index (Phi) is 4.93. The molecule has 0 aliphatic rings. The minimum absolute atomic E-state index is 0.213. The smallest absolute Gasteiger partial charge is 0.124 e. The topological polar surface area (TPSA) is 34.2 Å². The van der Waals surface area contributed by atoms with Gasteiger partial charge in [-0.25, -0.2) is 0 Å². The Morgan fingerprint density at radius 1 is 1.26 bits per heavy atom. The fourth-order valence-corrected chi connectivity index (χ4v) is 2.44. The highest BCUT2D eigenvalue weighted by molar-refractivity contribution is 9.10. The monoisotopic (exact) mass is 320 g/mol. The number of aromatic nitrogens is 1. The van der Waals surface area contributed by atoms with Crippen LogP contribution >= 0.6 is 15.9 Å². The summed E-state index contributed by atoms with van der Waals surface area (Å²) in [5.74, 6) is 0.891. The van der Waals surface area contributed by atoms with E-state index in [1.807, 2.05) is 43.7 Å². The van der Waals surface area contributed by atoms with Crippen LogP contribution in [0.5, 0.6) is 5.75 Å². The van der Waals surface area contributed by atoms with Gasteiger partial charge in [0.2, 0.25) is 0 Å². The fourth-order valence-electron chi connectivity index (χ4n) is 2.09. The number of nitrogens with zero attached hydrogens (tertiary/aromatic N) is 1. The van der Waals surface area contributed by atoms with Gasteiger partial charge in [-0.3, -0.25) is 4.98 Å². The highest BCUT2D eigenvalue weighted by atomic mass is 79.9. The number of ether oxygens (including phenoxy) is 1. The fraction of sp³-hybridized carbons (Fsp3) is 0.267. The van der Waals surface area contributed by atoms with E-state index in [4.69, 9.17) is 4.74 Å². The van der Waals surface area contributed by atoms with Crippen molar-refractivity contribution in [2.24, 2.45) is 0 Å². The maximum Gasteiger partial charge on any atom is 0.124 e. The molecule has 1 atom stereocenters. The Morgan fingerprint density at radius 3 is 2.63 bits per heavy atom. The molecule has 19 heavy (non-hydrogen) atoms. The lowest BCUT2D eigenvalue weighted by molar-refractivity contribution is 0.401. The molecule has 1 unspecified atom stereocenters. The molecule has 0 saturated carbocycles. The molecule has 1 heterocycles. The van der Waals surface area contributed by atoms with Crippen molar-refractivity contribution in [2.75, 3.05) is 14.2 Å². The molecule has 4 heteroatoms. The number of hydrogen-bond acceptors (Lipinski definition) is 3. The van der Waals surface area contributed by atoms with Crippen molar-refractivity contribution >= 4 is 15.9 Å². The predicted octanol–water partition coefficient (Wildman–Crippen LogP) is 3.36. The van der Waals surface area contributed by atoms with Gasteiger partial charge in [0.15, 0.2) is 0 Å². The third-order valence-electron chi connectivity index (χ3n) is 3.11. The van der Waals surface area contributed by atoms with Gasteiger partial charge in [0, 0.05) is 28.5 Å². The van der Waals surface area contributed by atoms with Crippen LogP contribution in [-0.4, -0.2) is 19.1 Å². The van der Waals surface area contributed by atoms with Crippen molar-refractivity contribution < 1.29 is 4.74 Å². The van der Waals surface area contributed by atoms with Crippen LogP contribution in [0.2, 0.25) is 0 Å². The van der Waals surface area contributed by atoms with E-state index in [0.29, 0.717) is 0 Å². The third kappa shape index (κ3) is 3.55. The number of rotatable bonds is 5. The lowest BCUT2D eigenvalue weighted by Crippen LogP contribution is -2.19. The standard InChI is InChI=1S/C15H17BrN2O/c1-17-14(9-11-5-7-18-8-6-11)13-4-3-12(16)10-15(13)19-2/h3-8,10,14,17H,9H2,1-2H3. The van der Waals surface area contributed by atoms with Crippen LogP contribution in [0.25, 0.3) is 0 Å². The summed E-state index contributed by atoms with van der Waals surface area (Å²) in [5.41, 5.74) is 2.41. The Balaban J connectivity index is 2.27. The average molecular weight is 321 g/mol. The summed E-state index contributed by atoms with van der Waals surface area (Å²) in [4.78, 5) is 4.05. The largest absolute Gasteiger partial charge is 0.496 e. The van der Waals surface area contributed by atoms with Crippen LogP contribution < -0.4 is 10.1 Å². The number of likely N-dealkylation sites (N-methyl/N-ethyl adjacent to an activating group) is 1. The number of methoxy groups -OCH3 is 1. The maximum atomic E-state index is 5.46. The van der Waals surface area contributed by atoms with Crippen molar-refractivity contribution in [3.05, 3.63) is 58.3 Å².